The third-order valence-corrected chi connectivity index (χ3v) is 7.91. The van der Waals surface area contributed by atoms with Crippen molar-refractivity contribution in [3.8, 4) is 0 Å². The number of amides is 2. The zero-order valence-electron chi connectivity index (χ0n) is 17.4. The first kappa shape index (κ1) is 18.4. The van der Waals surface area contributed by atoms with Crippen LogP contribution in [0.3, 0.4) is 0 Å². The van der Waals surface area contributed by atoms with Crippen LogP contribution in [-0.4, -0.2) is 67.7 Å². The van der Waals surface area contributed by atoms with Gasteiger partial charge in [-0.15, -0.1) is 0 Å². The van der Waals surface area contributed by atoms with E-state index in [1.165, 1.54) is 57.2 Å². The number of carbonyl (C=O) groups excluding carboxylic acids is 1. The highest BCUT2D eigenvalue weighted by Gasteiger charge is 2.45. The molecule has 1 aromatic carbocycles. The maximum absolute atomic E-state index is 12.7. The minimum atomic E-state index is 0.102. The molecule has 3 fully saturated rings. The molecule has 4 aliphatic rings. The second kappa shape index (κ2) is 7.03. The lowest BCUT2D eigenvalue weighted by molar-refractivity contribution is 0.0807. The molecular formula is C23H34N4O. The fraction of sp³-hybridized carbons (Fsp3) is 0.696. The van der Waals surface area contributed by atoms with Crippen LogP contribution in [-0.2, 0) is 5.41 Å². The molecule has 3 saturated heterocycles. The Bertz CT molecular complexity index is 728. The van der Waals surface area contributed by atoms with Gasteiger partial charge in [-0.2, -0.15) is 0 Å². The average Bonchev–Trinajstić information content (AvgIpc) is 3.06. The van der Waals surface area contributed by atoms with Crippen molar-refractivity contribution < 1.29 is 4.79 Å². The van der Waals surface area contributed by atoms with Gasteiger partial charge in [-0.1, -0.05) is 18.2 Å². The van der Waals surface area contributed by atoms with Crippen molar-refractivity contribution in [3.63, 3.8) is 0 Å². The molecule has 1 N–H and O–H groups in total. The summed E-state index contributed by atoms with van der Waals surface area (Å²) in [7, 11) is 3.69. The molecular weight excluding hydrogens is 348 g/mol. The maximum atomic E-state index is 12.7. The lowest BCUT2D eigenvalue weighted by atomic mass is 9.67. The Morgan fingerprint density at radius 1 is 1.04 bits per heavy atom. The first-order valence-corrected chi connectivity index (χ1v) is 11.1. The Morgan fingerprint density at radius 3 is 2.36 bits per heavy atom. The summed E-state index contributed by atoms with van der Waals surface area (Å²) >= 11 is 0. The number of hydrogen-bond acceptors (Lipinski definition) is 3. The monoisotopic (exact) mass is 382 g/mol. The molecule has 1 aromatic rings. The van der Waals surface area contributed by atoms with E-state index in [2.05, 4.69) is 34.5 Å². The van der Waals surface area contributed by atoms with Gasteiger partial charge in [0.1, 0.15) is 0 Å². The van der Waals surface area contributed by atoms with Crippen molar-refractivity contribution >= 4 is 11.7 Å². The summed E-state index contributed by atoms with van der Waals surface area (Å²) in [5.41, 5.74) is 2.80. The Balaban J connectivity index is 1.34. The number of nitrogens with one attached hydrogen (secondary N) is 1. The first-order chi connectivity index (χ1) is 13.6. The van der Waals surface area contributed by atoms with Crippen molar-refractivity contribution in [2.45, 2.75) is 68.5 Å². The number of anilines is 1. The largest absolute Gasteiger partial charge is 0.330 e. The zero-order valence-corrected chi connectivity index (χ0v) is 17.4. The molecule has 0 aromatic heterocycles. The zero-order chi connectivity index (χ0) is 19.3. The molecule has 1 spiro atoms. The number of benzene rings is 1. The predicted molar refractivity (Wildman–Crippen MR) is 113 cm³/mol. The van der Waals surface area contributed by atoms with Crippen molar-refractivity contribution in [1.82, 2.24) is 15.1 Å². The van der Waals surface area contributed by atoms with Crippen LogP contribution in [0.1, 0.15) is 50.5 Å². The van der Waals surface area contributed by atoms with E-state index < -0.39 is 0 Å². The molecule has 2 unspecified atom stereocenters. The van der Waals surface area contributed by atoms with E-state index in [9.17, 15) is 4.79 Å². The summed E-state index contributed by atoms with van der Waals surface area (Å²) in [6.07, 6.45) is 8.98. The number of piperidine rings is 2. The van der Waals surface area contributed by atoms with Crippen LogP contribution >= 0.6 is 0 Å². The van der Waals surface area contributed by atoms with Crippen molar-refractivity contribution in [3.05, 3.63) is 29.8 Å². The Morgan fingerprint density at radius 2 is 1.68 bits per heavy atom. The van der Waals surface area contributed by atoms with Gasteiger partial charge in [0.25, 0.3) is 0 Å². The lowest BCUT2D eigenvalue weighted by Gasteiger charge is -2.50. The summed E-state index contributed by atoms with van der Waals surface area (Å²) in [5.74, 6) is 0. The first-order valence-electron chi connectivity index (χ1n) is 11.1. The van der Waals surface area contributed by atoms with Crippen LogP contribution in [0.4, 0.5) is 10.5 Å². The summed E-state index contributed by atoms with van der Waals surface area (Å²) in [6, 6.07) is 11.1. The molecule has 5 heteroatoms. The van der Waals surface area contributed by atoms with Gasteiger partial charge in [-0.25, -0.2) is 4.79 Å². The van der Waals surface area contributed by atoms with Crippen LogP contribution < -0.4 is 10.2 Å². The van der Waals surface area contributed by atoms with Crippen molar-refractivity contribution in [2.75, 3.05) is 38.6 Å². The minimum absolute atomic E-state index is 0.102. The number of hydrogen-bond donors (Lipinski definition) is 1. The van der Waals surface area contributed by atoms with Gasteiger partial charge in [0.05, 0.1) is 0 Å². The number of nitrogens with zero attached hydrogens (tertiary/aromatic N) is 3. The Hall–Kier alpha value is -1.59. The van der Waals surface area contributed by atoms with Crippen molar-refractivity contribution in [1.29, 1.82) is 0 Å². The number of likely N-dealkylation sites (tertiary alicyclic amines) is 1. The number of fused-ring (bicyclic) bond motifs is 4. The van der Waals surface area contributed by atoms with Gasteiger partial charge < -0.3 is 15.1 Å². The summed E-state index contributed by atoms with van der Waals surface area (Å²) in [6.45, 7) is 3.26. The van der Waals surface area contributed by atoms with E-state index >= 15 is 0 Å². The Kier molecular flexibility index (Phi) is 4.63. The van der Waals surface area contributed by atoms with Gasteiger partial charge in [0.2, 0.25) is 0 Å². The van der Waals surface area contributed by atoms with Gasteiger partial charge >= 0.3 is 6.03 Å². The van der Waals surface area contributed by atoms with E-state index in [1.807, 2.05) is 19.0 Å². The molecule has 2 bridgehead atoms. The topological polar surface area (TPSA) is 38.8 Å². The van der Waals surface area contributed by atoms with E-state index in [4.69, 9.17) is 0 Å². The van der Waals surface area contributed by atoms with Gasteiger partial charge in [0, 0.05) is 49.9 Å². The third kappa shape index (κ3) is 3.03. The van der Waals surface area contributed by atoms with E-state index in [0.29, 0.717) is 0 Å². The molecule has 5 nitrogen and oxygen atoms in total. The molecule has 2 atom stereocenters. The minimum Gasteiger partial charge on any atom is -0.330 e. The number of carbonyl (C=O) groups is 1. The molecule has 5 rings (SSSR count). The maximum Gasteiger partial charge on any atom is 0.323 e. The number of urea groups is 1. The summed E-state index contributed by atoms with van der Waals surface area (Å²) < 4.78 is 0. The SMILES string of the molecule is CN(C)C(=O)N1CCC2(CCN(C3CC4CCC(C3)N4)CC2)c2ccccc21. The molecule has 4 heterocycles. The molecule has 4 aliphatic heterocycles. The fourth-order valence-electron chi connectivity index (χ4n) is 6.34. The standard InChI is InChI=1S/C23H34N4O/c1-25(2)22(28)27-14-11-23(20-5-3-4-6-21(20)27)9-12-26(13-10-23)19-15-17-7-8-18(16-19)24-17/h3-6,17-19,24H,7-16H2,1-2H3. The van der Waals surface area contributed by atoms with E-state index in [1.54, 1.807) is 4.90 Å². The van der Waals surface area contributed by atoms with Crippen LogP contribution in [0, 0.1) is 0 Å². The van der Waals surface area contributed by atoms with E-state index in [-0.39, 0.29) is 11.4 Å². The highest BCUT2D eigenvalue weighted by molar-refractivity contribution is 5.93. The van der Waals surface area contributed by atoms with Crippen LogP contribution in [0.2, 0.25) is 0 Å². The molecule has 2 amide bonds. The quantitative estimate of drug-likeness (QED) is 0.811. The lowest BCUT2D eigenvalue weighted by Crippen LogP contribution is -2.54. The average molecular weight is 383 g/mol. The smallest absolute Gasteiger partial charge is 0.323 e. The van der Waals surface area contributed by atoms with Gasteiger partial charge in [-0.05, 0) is 69.7 Å². The predicted octanol–water partition coefficient (Wildman–Crippen LogP) is 3.19. The highest BCUT2D eigenvalue weighted by Crippen LogP contribution is 2.47. The van der Waals surface area contributed by atoms with Gasteiger partial charge in [0.15, 0.2) is 0 Å². The Labute approximate surface area is 169 Å². The molecule has 28 heavy (non-hydrogen) atoms. The normalized spacial score (nSPS) is 31.6. The second-order valence-corrected chi connectivity index (χ2v) is 9.68. The molecule has 0 saturated carbocycles. The number of para-hydroxylation sites is 1. The fourth-order valence-corrected chi connectivity index (χ4v) is 6.34. The van der Waals surface area contributed by atoms with Crippen LogP contribution in [0.5, 0.6) is 0 Å². The molecule has 0 aliphatic carbocycles. The third-order valence-electron chi connectivity index (χ3n) is 7.91. The molecule has 0 radical (unpaired) electrons. The second-order valence-electron chi connectivity index (χ2n) is 9.68. The van der Waals surface area contributed by atoms with Gasteiger partial charge in [-0.3, -0.25) is 4.90 Å². The summed E-state index contributed by atoms with van der Waals surface area (Å²) in [4.78, 5) is 19.2. The van der Waals surface area contributed by atoms with Crippen molar-refractivity contribution in [2.24, 2.45) is 0 Å². The number of rotatable bonds is 1. The molecule has 152 valence electrons. The van der Waals surface area contributed by atoms with Crippen LogP contribution in [0.15, 0.2) is 24.3 Å². The highest BCUT2D eigenvalue weighted by atomic mass is 16.2. The van der Waals surface area contributed by atoms with Crippen LogP contribution in [0.25, 0.3) is 0 Å². The summed E-state index contributed by atoms with van der Waals surface area (Å²) in [5, 5.41) is 3.79. The van der Waals surface area contributed by atoms with E-state index in [0.717, 1.165) is 36.8 Å².